The molecule has 1 aliphatic rings. The molecule has 5 rings (SSSR count). The molecule has 4 aromatic rings. The Kier molecular flexibility index (Phi) is 7.60. The molecule has 0 saturated heterocycles. The Bertz CT molecular complexity index is 1580. The Morgan fingerprint density at radius 3 is 2.67 bits per heavy atom. The number of rotatable bonds is 7. The van der Waals surface area contributed by atoms with E-state index in [1.165, 1.54) is 35.9 Å². The van der Waals surface area contributed by atoms with Crippen molar-refractivity contribution in [2.45, 2.75) is 44.7 Å². The van der Waals surface area contributed by atoms with Gasteiger partial charge in [0, 0.05) is 31.0 Å². The van der Waals surface area contributed by atoms with E-state index in [1.54, 1.807) is 16.8 Å². The van der Waals surface area contributed by atoms with Gasteiger partial charge >= 0.3 is 5.69 Å². The molecule has 3 aromatic heterocycles. The molecule has 0 aliphatic heterocycles. The van der Waals surface area contributed by atoms with Gasteiger partial charge in [0.2, 0.25) is 0 Å². The summed E-state index contributed by atoms with van der Waals surface area (Å²) in [5, 5.41) is 2.93. The number of pyridine rings is 2. The molecule has 1 amide bonds. The molecular weight excluding hydrogens is 535 g/mol. The zero-order chi connectivity index (χ0) is 27.7. The average molecular weight is 560 g/mol. The number of nitrogens with zero attached hydrogens (tertiary/aromatic N) is 4. The Morgan fingerprint density at radius 2 is 1.95 bits per heavy atom. The summed E-state index contributed by atoms with van der Waals surface area (Å²) in [6.45, 7) is 0.431. The molecule has 12 heteroatoms. The van der Waals surface area contributed by atoms with Crippen molar-refractivity contribution < 1.29 is 22.7 Å². The van der Waals surface area contributed by atoms with Gasteiger partial charge in [-0.3, -0.25) is 14.3 Å². The van der Waals surface area contributed by atoms with E-state index in [0.29, 0.717) is 49.1 Å². The van der Waals surface area contributed by atoms with Gasteiger partial charge in [-0.05, 0) is 61.9 Å². The van der Waals surface area contributed by atoms with Crippen LogP contribution in [0.15, 0.2) is 53.6 Å². The fourth-order valence-corrected chi connectivity index (χ4v) is 5.26. The van der Waals surface area contributed by atoms with Crippen LogP contribution in [0.5, 0.6) is 5.75 Å². The summed E-state index contributed by atoms with van der Waals surface area (Å²) in [7, 11) is 1.36. The normalized spacial score (nSPS) is 17.5. The van der Waals surface area contributed by atoms with Gasteiger partial charge in [0.1, 0.15) is 5.69 Å². The Labute approximate surface area is 226 Å². The van der Waals surface area contributed by atoms with E-state index in [0.717, 1.165) is 6.20 Å². The molecule has 1 fully saturated rings. The summed E-state index contributed by atoms with van der Waals surface area (Å²) in [4.78, 5) is 34.3. The molecule has 0 unspecified atom stereocenters. The number of carbonyl (C=O) groups is 1. The number of benzene rings is 1. The van der Waals surface area contributed by atoms with Crippen molar-refractivity contribution >= 4 is 28.7 Å². The highest BCUT2D eigenvalue weighted by Gasteiger charge is 2.27. The molecule has 1 saturated carbocycles. The molecule has 1 aromatic carbocycles. The van der Waals surface area contributed by atoms with Gasteiger partial charge in [-0.15, -0.1) is 0 Å². The number of carbonyl (C=O) groups excluding carboxylic acids is 1. The first-order valence-corrected chi connectivity index (χ1v) is 12.8. The minimum Gasteiger partial charge on any atom is -0.494 e. The second kappa shape index (κ2) is 11.1. The van der Waals surface area contributed by atoms with Crippen molar-refractivity contribution in [3.05, 3.63) is 81.4 Å². The lowest BCUT2D eigenvalue weighted by atomic mass is 9.85. The third-order valence-electron chi connectivity index (χ3n) is 7.04. The van der Waals surface area contributed by atoms with Gasteiger partial charge in [-0.1, -0.05) is 11.6 Å². The summed E-state index contributed by atoms with van der Waals surface area (Å²) in [6, 6.07) is 8.75. The molecule has 3 heterocycles. The van der Waals surface area contributed by atoms with E-state index < -0.39 is 23.8 Å². The first-order valence-electron chi connectivity index (χ1n) is 12.4. The van der Waals surface area contributed by atoms with Crippen LogP contribution in [0.1, 0.15) is 48.2 Å². The fraction of sp³-hybridized carbons (Fsp3) is 0.333. The number of halogens is 4. The van der Waals surface area contributed by atoms with Gasteiger partial charge in [0.05, 0.1) is 28.9 Å². The van der Waals surface area contributed by atoms with Gasteiger partial charge in [-0.2, -0.15) is 0 Å². The van der Waals surface area contributed by atoms with Crippen LogP contribution in [-0.4, -0.2) is 38.2 Å². The predicted octanol–water partition coefficient (Wildman–Crippen LogP) is 5.31. The molecule has 1 N–H and O–H groups in total. The van der Waals surface area contributed by atoms with Crippen LogP contribution in [0, 0.1) is 11.7 Å². The second-order valence-electron chi connectivity index (χ2n) is 9.47. The third kappa shape index (κ3) is 5.36. The fourth-order valence-electron chi connectivity index (χ4n) is 5.10. The maximum Gasteiger partial charge on any atom is 0.334 e. The molecule has 39 heavy (non-hydrogen) atoms. The van der Waals surface area contributed by atoms with E-state index in [4.69, 9.17) is 16.3 Å². The first-order chi connectivity index (χ1) is 18.8. The van der Waals surface area contributed by atoms with Crippen molar-refractivity contribution in [1.29, 1.82) is 0 Å². The number of hydrogen-bond acceptors (Lipinski definition) is 5. The molecule has 0 bridgehead atoms. The van der Waals surface area contributed by atoms with Gasteiger partial charge in [0.15, 0.2) is 17.2 Å². The Morgan fingerprint density at radius 1 is 1.18 bits per heavy atom. The zero-order valence-corrected chi connectivity index (χ0v) is 21.7. The van der Waals surface area contributed by atoms with Crippen LogP contribution in [0.3, 0.4) is 0 Å². The number of methoxy groups -OCH3 is 1. The molecular formula is C27H25ClF3N5O3. The van der Waals surface area contributed by atoms with Crippen LogP contribution in [0.25, 0.3) is 16.9 Å². The minimum atomic E-state index is -2.90. The van der Waals surface area contributed by atoms with Crippen molar-refractivity contribution in [2.24, 2.45) is 5.92 Å². The van der Waals surface area contributed by atoms with Crippen LogP contribution < -0.4 is 15.7 Å². The topological polar surface area (TPSA) is 91.0 Å². The van der Waals surface area contributed by atoms with E-state index >= 15 is 0 Å². The van der Waals surface area contributed by atoms with E-state index in [1.807, 2.05) is 6.07 Å². The van der Waals surface area contributed by atoms with Crippen molar-refractivity contribution in [2.75, 3.05) is 7.11 Å². The summed E-state index contributed by atoms with van der Waals surface area (Å²) in [6.07, 6.45) is 2.45. The molecule has 0 atom stereocenters. The maximum atomic E-state index is 14.0. The number of aromatic nitrogens is 4. The molecule has 0 radical (unpaired) electrons. The highest BCUT2D eigenvalue weighted by molar-refractivity contribution is 6.30. The number of amides is 1. The van der Waals surface area contributed by atoms with Gasteiger partial charge in [0.25, 0.3) is 12.3 Å². The highest BCUT2D eigenvalue weighted by atomic mass is 35.5. The SMILES string of the molecule is COc1cc(-n2c(=O)n(C[C@H]3CC[C@H](NC(=O)c4cc(Cl)cnc4C(F)F)CC3)c3cccnc32)ccc1F. The summed E-state index contributed by atoms with van der Waals surface area (Å²) < 4.78 is 48.8. The van der Waals surface area contributed by atoms with Crippen molar-refractivity contribution in [1.82, 2.24) is 24.4 Å². The van der Waals surface area contributed by atoms with Crippen molar-refractivity contribution in [3.63, 3.8) is 0 Å². The number of hydrogen-bond donors (Lipinski definition) is 1. The monoisotopic (exact) mass is 559 g/mol. The Hall–Kier alpha value is -3.86. The summed E-state index contributed by atoms with van der Waals surface area (Å²) in [5.74, 6) is -1.01. The zero-order valence-electron chi connectivity index (χ0n) is 20.9. The van der Waals surface area contributed by atoms with Gasteiger partial charge in [-0.25, -0.2) is 27.5 Å². The van der Waals surface area contributed by atoms with E-state index in [9.17, 15) is 22.8 Å². The predicted molar refractivity (Wildman–Crippen MR) is 139 cm³/mol. The lowest BCUT2D eigenvalue weighted by Gasteiger charge is -2.29. The van der Waals surface area contributed by atoms with Gasteiger partial charge < -0.3 is 10.1 Å². The largest absolute Gasteiger partial charge is 0.494 e. The second-order valence-corrected chi connectivity index (χ2v) is 9.91. The van der Waals surface area contributed by atoms with Crippen LogP contribution in [0.2, 0.25) is 5.02 Å². The molecule has 8 nitrogen and oxygen atoms in total. The average Bonchev–Trinajstić information content (AvgIpc) is 3.20. The first kappa shape index (κ1) is 26.7. The minimum absolute atomic E-state index is 0.0193. The number of imidazole rings is 1. The number of ether oxygens (including phenoxy) is 1. The van der Waals surface area contributed by atoms with E-state index in [2.05, 4.69) is 15.3 Å². The lowest BCUT2D eigenvalue weighted by Crippen LogP contribution is -2.39. The lowest BCUT2D eigenvalue weighted by molar-refractivity contribution is 0.0904. The number of alkyl halides is 2. The third-order valence-corrected chi connectivity index (χ3v) is 7.25. The Balaban J connectivity index is 1.32. The van der Waals surface area contributed by atoms with Crippen molar-refractivity contribution in [3.8, 4) is 11.4 Å². The standard InChI is InChI=1S/C27H25ClF3N5O3/c1-39-22-12-18(8-9-20(22)29)36-25-21(3-2-10-32-25)35(27(36)38)14-15-4-6-17(7-5-15)34-26(37)19-11-16(28)13-33-23(19)24(30)31/h2-3,8-13,15,17,24H,4-7,14H2,1H3,(H,34,37)/t15-,17-. The van der Waals surface area contributed by atoms with Crippen LogP contribution >= 0.6 is 11.6 Å². The van der Waals surface area contributed by atoms with E-state index in [-0.39, 0.29) is 34.0 Å². The van der Waals surface area contributed by atoms with Crippen LogP contribution in [-0.2, 0) is 6.54 Å². The number of fused-ring (bicyclic) bond motifs is 1. The number of nitrogens with one attached hydrogen (secondary N) is 1. The highest BCUT2D eigenvalue weighted by Crippen LogP contribution is 2.29. The maximum absolute atomic E-state index is 14.0. The molecule has 1 aliphatic carbocycles. The summed E-state index contributed by atoms with van der Waals surface area (Å²) in [5.41, 5.74) is 0.389. The quantitative estimate of drug-likeness (QED) is 0.331. The van der Waals surface area contributed by atoms with Crippen LogP contribution in [0.4, 0.5) is 13.2 Å². The summed E-state index contributed by atoms with van der Waals surface area (Å²) >= 11 is 5.88. The molecule has 204 valence electrons. The smallest absolute Gasteiger partial charge is 0.334 e. The molecule has 0 spiro atoms.